The summed E-state index contributed by atoms with van der Waals surface area (Å²) in [6, 6.07) is -1.20. The fraction of sp³-hybridized carbons (Fsp3) is 0.400. The molecule has 68 valence electrons. The van der Waals surface area contributed by atoms with Crippen molar-refractivity contribution in [1.82, 2.24) is 0 Å². The Kier molecular flexibility index (Phi) is 3.93. The maximum atomic E-state index is 10.1. The van der Waals surface area contributed by atoms with Gasteiger partial charge in [0, 0.05) is 12.1 Å². The average Bonchev–Trinajstić information content (AvgIpc) is 1.84. The zero-order valence-corrected chi connectivity index (χ0v) is 6.86. The molecule has 0 fully saturated rings. The number of carboxylic acids is 1. The van der Waals surface area contributed by atoms with E-state index in [9.17, 15) is 9.36 Å². The second kappa shape index (κ2) is 4.24. The van der Waals surface area contributed by atoms with E-state index in [-0.39, 0.29) is 6.42 Å². The molecule has 6 nitrogen and oxygen atoms in total. The van der Waals surface area contributed by atoms with Crippen LogP contribution in [0.2, 0.25) is 0 Å². The molecule has 0 aromatic heterocycles. The van der Waals surface area contributed by atoms with Gasteiger partial charge in [0.1, 0.15) is 6.04 Å². The molecule has 0 unspecified atom stereocenters. The molecule has 0 bridgehead atoms. The Balaban J connectivity index is 4.05. The molecule has 0 spiro atoms. The van der Waals surface area contributed by atoms with Gasteiger partial charge in [0.15, 0.2) is 0 Å². The Morgan fingerprint density at radius 2 is 2.08 bits per heavy atom. The van der Waals surface area contributed by atoms with Crippen molar-refractivity contribution in [3.8, 4) is 11.6 Å². The van der Waals surface area contributed by atoms with E-state index in [2.05, 4.69) is 0 Å². The lowest BCUT2D eigenvalue weighted by molar-refractivity contribution is -0.138. The second-order valence-electron chi connectivity index (χ2n) is 1.98. The average molecular weight is 193 g/mol. The number of carbonyl (C=O) groups is 1. The van der Waals surface area contributed by atoms with Gasteiger partial charge in [-0.3, -0.25) is 4.79 Å². The van der Waals surface area contributed by atoms with Gasteiger partial charge in [-0.05, 0) is 0 Å². The fourth-order valence-electron chi connectivity index (χ4n) is 0.346. The molecule has 0 radical (unpaired) electrons. The maximum absolute atomic E-state index is 10.1. The molecule has 0 heterocycles. The third-order valence-electron chi connectivity index (χ3n) is 0.864. The van der Waals surface area contributed by atoms with E-state index in [4.69, 9.17) is 20.6 Å². The standard InChI is InChI=1S/C5H8NO5P/c6-4(5(7)8)2-1-3-12(9,10)11/h4H,2,6H2,(H,7,8)(H2,9,10,11)/t4-/m0/s1. The van der Waals surface area contributed by atoms with E-state index in [0.29, 0.717) is 0 Å². The van der Waals surface area contributed by atoms with Crippen molar-refractivity contribution in [3.05, 3.63) is 0 Å². The molecule has 0 rings (SSSR count). The van der Waals surface area contributed by atoms with Crippen LogP contribution in [-0.4, -0.2) is 26.9 Å². The van der Waals surface area contributed by atoms with Crippen molar-refractivity contribution in [2.45, 2.75) is 12.5 Å². The van der Waals surface area contributed by atoms with Crippen molar-refractivity contribution >= 4 is 13.6 Å². The minimum atomic E-state index is -4.36. The van der Waals surface area contributed by atoms with Crippen molar-refractivity contribution in [2.24, 2.45) is 5.73 Å². The highest BCUT2D eigenvalue weighted by Crippen LogP contribution is 2.31. The minimum absolute atomic E-state index is 0.277. The first-order chi connectivity index (χ1) is 5.33. The predicted octanol–water partition coefficient (Wildman–Crippen LogP) is -1.07. The van der Waals surface area contributed by atoms with Crippen LogP contribution in [0.25, 0.3) is 0 Å². The van der Waals surface area contributed by atoms with Crippen molar-refractivity contribution < 1.29 is 24.3 Å². The van der Waals surface area contributed by atoms with Gasteiger partial charge in [-0.1, -0.05) is 5.92 Å². The summed E-state index contributed by atoms with van der Waals surface area (Å²) in [6.45, 7) is 0. The van der Waals surface area contributed by atoms with E-state index < -0.39 is 19.6 Å². The fourth-order valence-corrected chi connectivity index (χ4v) is 0.643. The molecule has 0 aliphatic rings. The zero-order chi connectivity index (χ0) is 9.78. The Morgan fingerprint density at radius 1 is 1.58 bits per heavy atom. The molecular weight excluding hydrogens is 185 g/mol. The third-order valence-corrected chi connectivity index (χ3v) is 1.31. The van der Waals surface area contributed by atoms with Crippen LogP contribution >= 0.6 is 7.60 Å². The van der Waals surface area contributed by atoms with Crippen LogP contribution in [0.4, 0.5) is 0 Å². The summed E-state index contributed by atoms with van der Waals surface area (Å²) < 4.78 is 10.1. The van der Waals surface area contributed by atoms with Crippen LogP contribution in [0.3, 0.4) is 0 Å². The molecular formula is C5H8NO5P. The lowest BCUT2D eigenvalue weighted by Crippen LogP contribution is -2.29. The van der Waals surface area contributed by atoms with Gasteiger partial charge in [-0.2, -0.15) is 0 Å². The Morgan fingerprint density at radius 3 is 2.42 bits per heavy atom. The van der Waals surface area contributed by atoms with Crippen LogP contribution in [0.1, 0.15) is 6.42 Å². The zero-order valence-electron chi connectivity index (χ0n) is 5.97. The molecule has 0 saturated heterocycles. The summed E-state index contributed by atoms with van der Waals surface area (Å²) >= 11 is 0. The highest BCUT2D eigenvalue weighted by atomic mass is 31.2. The van der Waals surface area contributed by atoms with Crippen LogP contribution in [0.15, 0.2) is 0 Å². The smallest absolute Gasteiger partial charge is 0.400 e. The van der Waals surface area contributed by atoms with E-state index in [1.54, 1.807) is 5.66 Å². The molecule has 0 aliphatic heterocycles. The number of aliphatic carboxylic acids is 1. The van der Waals surface area contributed by atoms with Gasteiger partial charge in [-0.25, -0.2) is 4.57 Å². The summed E-state index contributed by atoms with van der Waals surface area (Å²) in [6.07, 6.45) is -0.277. The summed E-state index contributed by atoms with van der Waals surface area (Å²) in [4.78, 5) is 26.5. The third kappa shape index (κ3) is 5.89. The number of hydrogen-bond donors (Lipinski definition) is 4. The van der Waals surface area contributed by atoms with Gasteiger partial charge in [0.05, 0.1) is 0 Å². The highest BCUT2D eigenvalue weighted by molar-refractivity contribution is 7.57. The van der Waals surface area contributed by atoms with Gasteiger partial charge in [0.2, 0.25) is 0 Å². The van der Waals surface area contributed by atoms with Gasteiger partial charge in [0.25, 0.3) is 0 Å². The number of carboxylic acid groups (broad SMARTS) is 1. The first-order valence-electron chi connectivity index (χ1n) is 2.87. The topological polar surface area (TPSA) is 121 Å². The summed E-state index contributed by atoms with van der Waals surface area (Å²) in [5.74, 6) is 0.733. The molecule has 7 heteroatoms. The molecule has 0 saturated carbocycles. The van der Waals surface area contributed by atoms with Crippen molar-refractivity contribution in [2.75, 3.05) is 0 Å². The van der Waals surface area contributed by atoms with Gasteiger partial charge < -0.3 is 20.6 Å². The lowest BCUT2D eigenvalue weighted by Gasteiger charge is -1.98. The Hall–Kier alpha value is -0.860. The minimum Gasteiger partial charge on any atom is -0.480 e. The molecule has 1 atom stereocenters. The van der Waals surface area contributed by atoms with Crippen LogP contribution < -0.4 is 5.73 Å². The molecule has 0 amide bonds. The largest absolute Gasteiger partial charge is 0.480 e. The van der Waals surface area contributed by atoms with Gasteiger partial charge in [-0.15, -0.1) is 0 Å². The van der Waals surface area contributed by atoms with E-state index in [1.165, 1.54) is 0 Å². The van der Waals surface area contributed by atoms with E-state index in [1.807, 2.05) is 5.92 Å². The molecule has 0 aliphatic carbocycles. The molecule has 0 aromatic rings. The van der Waals surface area contributed by atoms with Gasteiger partial charge >= 0.3 is 13.6 Å². The van der Waals surface area contributed by atoms with Crippen LogP contribution in [-0.2, 0) is 9.36 Å². The number of hydrogen-bond acceptors (Lipinski definition) is 3. The first kappa shape index (κ1) is 11.1. The summed E-state index contributed by atoms with van der Waals surface area (Å²) in [5.41, 5.74) is 6.57. The Bertz CT molecular complexity index is 271. The summed E-state index contributed by atoms with van der Waals surface area (Å²) in [5, 5.41) is 8.22. The SMILES string of the molecule is N[C@@H](CC#CP(=O)(O)O)C(=O)O. The van der Waals surface area contributed by atoms with Crippen LogP contribution in [0.5, 0.6) is 0 Å². The number of rotatable bonds is 2. The molecule has 12 heavy (non-hydrogen) atoms. The monoisotopic (exact) mass is 193 g/mol. The predicted molar refractivity (Wildman–Crippen MR) is 40.0 cm³/mol. The molecule has 0 aromatic carbocycles. The first-order valence-corrected chi connectivity index (χ1v) is 4.48. The van der Waals surface area contributed by atoms with Crippen molar-refractivity contribution in [3.63, 3.8) is 0 Å². The Labute approximate surface area is 68.5 Å². The quantitative estimate of drug-likeness (QED) is 0.327. The maximum Gasteiger partial charge on any atom is 0.400 e. The lowest BCUT2D eigenvalue weighted by atomic mass is 10.2. The van der Waals surface area contributed by atoms with E-state index in [0.717, 1.165) is 0 Å². The normalized spacial score (nSPS) is 12.9. The number of nitrogens with two attached hydrogens (primary N) is 1. The second-order valence-corrected chi connectivity index (χ2v) is 3.29. The van der Waals surface area contributed by atoms with Crippen molar-refractivity contribution in [1.29, 1.82) is 0 Å². The van der Waals surface area contributed by atoms with E-state index >= 15 is 0 Å². The summed E-state index contributed by atoms with van der Waals surface area (Å²) in [7, 11) is -4.36. The molecule has 5 N–H and O–H groups in total. The van der Waals surface area contributed by atoms with Crippen LogP contribution in [0, 0.1) is 11.6 Å². The highest BCUT2D eigenvalue weighted by Gasteiger charge is 2.10.